The van der Waals surface area contributed by atoms with E-state index in [0.717, 1.165) is 0 Å². The Labute approximate surface area is 230 Å². The van der Waals surface area contributed by atoms with Crippen LogP contribution in [0.2, 0.25) is 5.02 Å². The number of rotatable bonds is 5. The number of benzene rings is 2. The molecule has 39 heavy (non-hydrogen) atoms. The number of aromatic nitrogens is 2. The summed E-state index contributed by atoms with van der Waals surface area (Å²) in [4.78, 5) is 19.8. The fourth-order valence-corrected chi connectivity index (χ4v) is 5.40. The molecular formula is C30H23ClFN5O2. The molecule has 9 heteroatoms. The fraction of sp³-hybridized carbons (Fsp3) is 0.200. The summed E-state index contributed by atoms with van der Waals surface area (Å²) in [5.41, 5.74) is 4.57. The van der Waals surface area contributed by atoms with E-state index in [9.17, 15) is 15.3 Å². The summed E-state index contributed by atoms with van der Waals surface area (Å²) in [6, 6.07) is 16.6. The van der Waals surface area contributed by atoms with Gasteiger partial charge in [0.2, 0.25) is 5.88 Å². The van der Waals surface area contributed by atoms with Crippen molar-refractivity contribution in [1.29, 1.82) is 10.5 Å². The van der Waals surface area contributed by atoms with Gasteiger partial charge in [0.25, 0.3) is 5.91 Å². The molecule has 2 aromatic heterocycles. The van der Waals surface area contributed by atoms with Gasteiger partial charge in [0, 0.05) is 12.2 Å². The lowest BCUT2D eigenvalue weighted by Gasteiger charge is -2.29. The summed E-state index contributed by atoms with van der Waals surface area (Å²) < 4.78 is 23.0. The van der Waals surface area contributed by atoms with E-state index in [1.54, 1.807) is 36.4 Å². The number of carbonyl (C=O) groups excluding carboxylic acids is 1. The second kappa shape index (κ2) is 9.90. The van der Waals surface area contributed by atoms with Gasteiger partial charge in [0.1, 0.15) is 12.1 Å². The normalized spacial score (nSPS) is 14.3. The highest BCUT2D eigenvalue weighted by Gasteiger charge is 2.44. The lowest BCUT2D eigenvalue weighted by Crippen LogP contribution is -2.30. The fourth-order valence-electron chi connectivity index (χ4n) is 5.23. The molecule has 4 aromatic rings. The van der Waals surface area contributed by atoms with Crippen LogP contribution in [0.4, 0.5) is 10.1 Å². The Balaban J connectivity index is 1.84. The van der Waals surface area contributed by atoms with Gasteiger partial charge in [0.15, 0.2) is 5.82 Å². The van der Waals surface area contributed by atoms with E-state index in [2.05, 4.69) is 17.1 Å². The van der Waals surface area contributed by atoms with Crippen LogP contribution in [-0.4, -0.2) is 22.6 Å². The number of nitrogens with zero attached hydrogens (tertiary/aromatic N) is 5. The Morgan fingerprint density at radius 1 is 1.13 bits per heavy atom. The molecule has 0 bridgehead atoms. The predicted octanol–water partition coefficient (Wildman–Crippen LogP) is 6.73. The highest BCUT2D eigenvalue weighted by molar-refractivity contribution is 6.31. The average Bonchev–Trinajstić information content (AvgIpc) is 3.45. The zero-order chi connectivity index (χ0) is 28.0. The van der Waals surface area contributed by atoms with E-state index < -0.39 is 17.8 Å². The molecule has 0 fully saturated rings. The maximum absolute atomic E-state index is 15.4. The van der Waals surface area contributed by atoms with Crippen molar-refractivity contribution in [2.24, 2.45) is 0 Å². The summed E-state index contributed by atoms with van der Waals surface area (Å²) in [5.74, 6) is -0.775. The van der Waals surface area contributed by atoms with Crippen molar-refractivity contribution in [3.05, 3.63) is 99.1 Å². The number of nitriles is 2. The molecule has 7 nitrogen and oxygen atoms in total. The van der Waals surface area contributed by atoms with Crippen LogP contribution in [0, 0.1) is 35.4 Å². The average molecular weight is 540 g/mol. The lowest BCUT2D eigenvalue weighted by molar-refractivity contribution is 0.0992. The first-order valence-corrected chi connectivity index (χ1v) is 12.6. The van der Waals surface area contributed by atoms with Crippen LogP contribution in [0.25, 0.3) is 11.3 Å². The molecular weight excluding hydrogens is 517 g/mol. The minimum atomic E-state index is -0.720. The molecule has 1 atom stereocenters. The number of halogens is 2. The van der Waals surface area contributed by atoms with Crippen LogP contribution in [0.5, 0.6) is 5.88 Å². The molecule has 0 radical (unpaired) electrons. The molecule has 2 aromatic carbocycles. The molecule has 1 unspecified atom stereocenters. The molecule has 0 saturated heterocycles. The summed E-state index contributed by atoms with van der Waals surface area (Å²) >= 11 is 6.12. The Hall–Kier alpha value is -4.66. The quantitative estimate of drug-likeness (QED) is 0.280. The van der Waals surface area contributed by atoms with Gasteiger partial charge in [-0.3, -0.25) is 9.69 Å². The summed E-state index contributed by atoms with van der Waals surface area (Å²) in [6.07, 6.45) is 1.46. The van der Waals surface area contributed by atoms with Crippen molar-refractivity contribution in [3.63, 3.8) is 0 Å². The number of ether oxygens (including phenoxy) is 1. The first-order chi connectivity index (χ1) is 18.7. The third-order valence-electron chi connectivity index (χ3n) is 6.98. The van der Waals surface area contributed by atoms with Crippen molar-refractivity contribution < 1.29 is 13.9 Å². The molecule has 0 N–H and O–H groups in total. The highest BCUT2D eigenvalue weighted by atomic mass is 35.5. The SMILES string of the molecule is COc1ncc(C#N)c(C)c1-c1cc2c(n1C(C)C)C(c1ccc(C#N)cc1)N(c1cccc(Cl)c1F)C2=O. The first kappa shape index (κ1) is 26.0. The maximum atomic E-state index is 15.4. The van der Waals surface area contributed by atoms with Crippen LogP contribution < -0.4 is 9.64 Å². The Morgan fingerprint density at radius 3 is 2.46 bits per heavy atom. The van der Waals surface area contributed by atoms with Gasteiger partial charge in [-0.2, -0.15) is 10.5 Å². The van der Waals surface area contributed by atoms with Crippen LogP contribution >= 0.6 is 11.6 Å². The molecule has 1 amide bonds. The zero-order valence-electron chi connectivity index (χ0n) is 21.7. The van der Waals surface area contributed by atoms with Crippen LogP contribution in [0.1, 0.15) is 64.2 Å². The van der Waals surface area contributed by atoms with Gasteiger partial charge < -0.3 is 9.30 Å². The van der Waals surface area contributed by atoms with Gasteiger partial charge in [-0.1, -0.05) is 29.8 Å². The minimum absolute atomic E-state index is 0.0526. The van der Waals surface area contributed by atoms with Gasteiger partial charge in [0.05, 0.1) is 57.5 Å². The van der Waals surface area contributed by atoms with Crippen molar-refractivity contribution in [2.45, 2.75) is 32.9 Å². The van der Waals surface area contributed by atoms with Crippen molar-refractivity contribution in [2.75, 3.05) is 12.0 Å². The first-order valence-electron chi connectivity index (χ1n) is 12.2. The van der Waals surface area contributed by atoms with Gasteiger partial charge in [-0.05, 0) is 62.2 Å². The standard InChI is InChI=1S/C30H23ClFN5O2/c1-16(2)36-24(25-17(3)20(14-34)15-35-29(25)39-4)12-21-28(36)27(19-10-8-18(13-33)9-11-19)37(30(21)38)23-7-5-6-22(31)26(23)32/h5-12,15-16,27H,1-4H3. The topological polar surface area (TPSA) is 94.9 Å². The Kier molecular flexibility index (Phi) is 6.59. The van der Waals surface area contributed by atoms with Crippen LogP contribution in [0.15, 0.2) is 54.7 Å². The molecule has 0 saturated carbocycles. The lowest BCUT2D eigenvalue weighted by atomic mass is 10.0. The number of carbonyl (C=O) groups is 1. The molecule has 1 aliphatic heterocycles. The number of amides is 1. The molecule has 0 spiro atoms. The van der Waals surface area contributed by atoms with Crippen molar-refractivity contribution in [3.8, 4) is 29.3 Å². The third-order valence-corrected chi connectivity index (χ3v) is 7.27. The van der Waals surface area contributed by atoms with E-state index >= 15 is 4.39 Å². The van der Waals surface area contributed by atoms with Gasteiger partial charge >= 0.3 is 0 Å². The monoisotopic (exact) mass is 539 g/mol. The predicted molar refractivity (Wildman–Crippen MR) is 145 cm³/mol. The minimum Gasteiger partial charge on any atom is -0.480 e. The number of fused-ring (bicyclic) bond motifs is 1. The summed E-state index contributed by atoms with van der Waals surface area (Å²) in [6.45, 7) is 5.78. The molecule has 1 aliphatic rings. The number of pyridine rings is 1. The molecule has 3 heterocycles. The van der Waals surface area contributed by atoms with Crippen molar-refractivity contribution in [1.82, 2.24) is 9.55 Å². The summed E-state index contributed by atoms with van der Waals surface area (Å²) in [7, 11) is 1.50. The number of hydrogen-bond donors (Lipinski definition) is 0. The second-order valence-electron chi connectivity index (χ2n) is 9.47. The van der Waals surface area contributed by atoms with Crippen molar-refractivity contribution >= 4 is 23.2 Å². The van der Waals surface area contributed by atoms with Gasteiger partial charge in [-0.25, -0.2) is 9.37 Å². The number of hydrogen-bond acceptors (Lipinski definition) is 5. The number of methoxy groups -OCH3 is 1. The van der Waals surface area contributed by atoms with E-state index in [-0.39, 0.29) is 16.8 Å². The van der Waals surface area contributed by atoms with Crippen LogP contribution in [-0.2, 0) is 0 Å². The third kappa shape index (κ3) is 4.01. The maximum Gasteiger partial charge on any atom is 0.261 e. The van der Waals surface area contributed by atoms with E-state index in [1.165, 1.54) is 30.3 Å². The zero-order valence-corrected chi connectivity index (χ0v) is 22.4. The summed E-state index contributed by atoms with van der Waals surface area (Å²) in [5, 5.41) is 18.9. The smallest absolute Gasteiger partial charge is 0.261 e. The van der Waals surface area contributed by atoms with E-state index in [4.69, 9.17) is 16.3 Å². The highest BCUT2D eigenvalue weighted by Crippen LogP contribution is 2.48. The van der Waals surface area contributed by atoms with Crippen LogP contribution in [0.3, 0.4) is 0 Å². The second-order valence-corrected chi connectivity index (χ2v) is 9.88. The van der Waals surface area contributed by atoms with Gasteiger partial charge in [-0.15, -0.1) is 0 Å². The Bertz CT molecular complexity index is 1710. The molecule has 194 valence electrons. The van der Waals surface area contributed by atoms with E-state index in [0.29, 0.717) is 50.6 Å². The molecule has 0 aliphatic carbocycles. The largest absolute Gasteiger partial charge is 0.480 e. The Morgan fingerprint density at radius 2 is 1.85 bits per heavy atom. The number of anilines is 1. The van der Waals surface area contributed by atoms with E-state index in [1.807, 2.05) is 25.3 Å². The molecule has 5 rings (SSSR count).